The standard InChI is InChI=1S/C25H46O13/c1-2-3-6-30-7-8-31-9-10-32-11-12-33-13-14-34-15-16-35-17-18-36-19-20-37-21-22-38-24(27)5-4-23(26)25(28)29/h2-22H2,1H3,(H,28,29). The summed E-state index contributed by atoms with van der Waals surface area (Å²) in [6.45, 7) is 9.83. The number of esters is 1. The Hall–Kier alpha value is -1.71. The fourth-order valence-electron chi connectivity index (χ4n) is 2.50. The highest BCUT2D eigenvalue weighted by Gasteiger charge is 2.14. The zero-order chi connectivity index (χ0) is 27.9. The van der Waals surface area contributed by atoms with Gasteiger partial charge in [0, 0.05) is 13.0 Å². The first-order chi connectivity index (χ1) is 18.6. The number of unbranched alkanes of at least 4 members (excludes halogenated alkanes) is 1. The number of hydrogen-bond donors (Lipinski definition) is 1. The van der Waals surface area contributed by atoms with E-state index in [2.05, 4.69) is 6.92 Å². The Balaban J connectivity index is 3.13. The first kappa shape index (κ1) is 36.3. The lowest BCUT2D eigenvalue weighted by Crippen LogP contribution is -2.17. The minimum atomic E-state index is -1.56. The Bertz CT molecular complexity index is 559. The highest BCUT2D eigenvalue weighted by atomic mass is 16.6. The van der Waals surface area contributed by atoms with E-state index in [4.69, 9.17) is 47.7 Å². The molecule has 224 valence electrons. The summed E-state index contributed by atoms with van der Waals surface area (Å²) in [5, 5.41) is 8.42. The predicted molar refractivity (Wildman–Crippen MR) is 134 cm³/mol. The lowest BCUT2D eigenvalue weighted by Gasteiger charge is -2.09. The molecule has 0 radical (unpaired) electrons. The van der Waals surface area contributed by atoms with Gasteiger partial charge in [0.1, 0.15) is 6.61 Å². The van der Waals surface area contributed by atoms with Gasteiger partial charge in [0.25, 0.3) is 0 Å². The van der Waals surface area contributed by atoms with Gasteiger partial charge in [-0.25, -0.2) is 4.79 Å². The molecule has 0 unspecified atom stereocenters. The summed E-state index contributed by atoms with van der Waals surface area (Å²) in [6.07, 6.45) is 1.57. The number of carboxylic acids is 1. The normalized spacial score (nSPS) is 11.1. The molecule has 0 rings (SSSR count). The molecule has 13 nitrogen and oxygen atoms in total. The average molecular weight is 555 g/mol. The van der Waals surface area contributed by atoms with Gasteiger partial charge in [-0.3, -0.25) is 9.59 Å². The average Bonchev–Trinajstić information content (AvgIpc) is 2.91. The zero-order valence-electron chi connectivity index (χ0n) is 22.7. The second-order valence-electron chi connectivity index (χ2n) is 7.70. The largest absolute Gasteiger partial charge is 0.476 e. The van der Waals surface area contributed by atoms with Gasteiger partial charge < -0.3 is 47.7 Å². The maximum Gasteiger partial charge on any atom is 0.372 e. The molecule has 0 heterocycles. The van der Waals surface area contributed by atoms with E-state index in [-0.39, 0.29) is 26.1 Å². The third-order valence-electron chi connectivity index (χ3n) is 4.53. The van der Waals surface area contributed by atoms with Crippen LogP contribution in [0.2, 0.25) is 0 Å². The molecule has 0 atom stereocenters. The fourth-order valence-corrected chi connectivity index (χ4v) is 2.50. The molecule has 0 aliphatic heterocycles. The summed E-state index contributed by atoms with van der Waals surface area (Å²) < 4.78 is 47.9. The maximum atomic E-state index is 11.3. The summed E-state index contributed by atoms with van der Waals surface area (Å²) in [7, 11) is 0. The number of carbonyl (C=O) groups excluding carboxylic acids is 2. The molecule has 0 aromatic carbocycles. The molecular weight excluding hydrogens is 508 g/mol. The van der Waals surface area contributed by atoms with E-state index in [9.17, 15) is 14.4 Å². The Morgan fingerprint density at radius 2 is 0.789 bits per heavy atom. The van der Waals surface area contributed by atoms with E-state index in [0.717, 1.165) is 19.4 Å². The van der Waals surface area contributed by atoms with Crippen LogP contribution in [0.1, 0.15) is 32.6 Å². The molecule has 1 N–H and O–H groups in total. The Kier molecular flexibility index (Phi) is 28.5. The number of ketones is 1. The molecule has 0 spiro atoms. The topological polar surface area (TPSA) is 155 Å². The van der Waals surface area contributed by atoms with Crippen LogP contribution in [0.25, 0.3) is 0 Å². The van der Waals surface area contributed by atoms with Crippen molar-refractivity contribution in [3.8, 4) is 0 Å². The van der Waals surface area contributed by atoms with Crippen molar-refractivity contribution in [2.75, 3.05) is 112 Å². The summed E-state index contributed by atoms with van der Waals surface area (Å²) in [6, 6.07) is 0. The van der Waals surface area contributed by atoms with Crippen molar-refractivity contribution in [2.45, 2.75) is 32.6 Å². The van der Waals surface area contributed by atoms with Crippen molar-refractivity contribution in [3.05, 3.63) is 0 Å². The smallest absolute Gasteiger partial charge is 0.372 e. The highest BCUT2D eigenvalue weighted by molar-refractivity contribution is 6.32. The van der Waals surface area contributed by atoms with Crippen molar-refractivity contribution in [2.24, 2.45) is 0 Å². The Labute approximate surface area is 225 Å². The van der Waals surface area contributed by atoms with Gasteiger partial charge in [0.05, 0.1) is 106 Å². The summed E-state index contributed by atoms with van der Waals surface area (Å²) in [5.41, 5.74) is 0. The number of aliphatic carboxylic acids is 1. The van der Waals surface area contributed by atoms with Crippen molar-refractivity contribution >= 4 is 17.7 Å². The minimum absolute atomic E-state index is 0.0211. The first-order valence-electron chi connectivity index (χ1n) is 13.1. The molecule has 0 amide bonds. The molecule has 0 fully saturated rings. The van der Waals surface area contributed by atoms with Gasteiger partial charge in [-0.05, 0) is 6.42 Å². The molecule has 0 aliphatic carbocycles. The number of carboxylic acid groups (broad SMARTS) is 1. The number of rotatable bonds is 31. The van der Waals surface area contributed by atoms with Crippen molar-refractivity contribution in [1.29, 1.82) is 0 Å². The molecule has 13 heteroatoms. The highest BCUT2D eigenvalue weighted by Crippen LogP contribution is 1.95. The van der Waals surface area contributed by atoms with E-state index in [1.54, 1.807) is 0 Å². The quantitative estimate of drug-likeness (QED) is 0.0733. The molecule has 0 aromatic rings. The van der Waals surface area contributed by atoms with Crippen LogP contribution in [0.15, 0.2) is 0 Å². The van der Waals surface area contributed by atoms with E-state index in [0.29, 0.717) is 92.5 Å². The SMILES string of the molecule is CCCCOCCOCCOCCOCCOCCOCCOCCOCCOC(=O)CCC(=O)C(=O)O. The van der Waals surface area contributed by atoms with Gasteiger partial charge in [0.15, 0.2) is 0 Å². The van der Waals surface area contributed by atoms with Gasteiger partial charge in [-0.1, -0.05) is 13.3 Å². The summed E-state index contributed by atoms with van der Waals surface area (Å²) in [4.78, 5) is 32.5. The van der Waals surface area contributed by atoms with Crippen molar-refractivity contribution in [3.63, 3.8) is 0 Å². The second-order valence-corrected chi connectivity index (χ2v) is 7.70. The van der Waals surface area contributed by atoms with Gasteiger partial charge in [0.2, 0.25) is 5.78 Å². The Morgan fingerprint density at radius 1 is 0.474 bits per heavy atom. The van der Waals surface area contributed by atoms with Crippen LogP contribution in [0, 0.1) is 0 Å². The minimum Gasteiger partial charge on any atom is -0.476 e. The van der Waals surface area contributed by atoms with E-state index in [1.165, 1.54) is 0 Å². The van der Waals surface area contributed by atoms with Gasteiger partial charge >= 0.3 is 11.9 Å². The van der Waals surface area contributed by atoms with Crippen LogP contribution in [0.3, 0.4) is 0 Å². The molecule has 0 saturated heterocycles. The third-order valence-corrected chi connectivity index (χ3v) is 4.53. The van der Waals surface area contributed by atoms with Crippen LogP contribution >= 0.6 is 0 Å². The first-order valence-corrected chi connectivity index (χ1v) is 13.1. The number of carbonyl (C=O) groups is 3. The fraction of sp³-hybridized carbons (Fsp3) is 0.880. The summed E-state index contributed by atoms with van der Waals surface area (Å²) >= 11 is 0. The van der Waals surface area contributed by atoms with Crippen LogP contribution in [0.5, 0.6) is 0 Å². The van der Waals surface area contributed by atoms with Crippen molar-refractivity contribution in [1.82, 2.24) is 0 Å². The van der Waals surface area contributed by atoms with Crippen molar-refractivity contribution < 1.29 is 62.1 Å². The maximum absolute atomic E-state index is 11.3. The lowest BCUT2D eigenvalue weighted by atomic mass is 10.2. The molecule has 38 heavy (non-hydrogen) atoms. The number of Topliss-reactive ketones (excluding diaryl/α,β-unsaturated/α-hetero) is 1. The summed E-state index contributed by atoms with van der Waals surface area (Å²) in [5.74, 6) is -3.22. The molecule has 0 bridgehead atoms. The van der Waals surface area contributed by atoms with E-state index < -0.39 is 17.7 Å². The van der Waals surface area contributed by atoms with Crippen LogP contribution in [-0.2, 0) is 57.0 Å². The van der Waals surface area contributed by atoms with Gasteiger partial charge in [-0.15, -0.1) is 0 Å². The predicted octanol–water partition coefficient (Wildman–Crippen LogP) is 0.896. The molecule has 0 aliphatic rings. The van der Waals surface area contributed by atoms with E-state index in [1.807, 2.05) is 0 Å². The third kappa shape index (κ3) is 28.9. The number of ether oxygens (including phenoxy) is 9. The number of hydrogen-bond acceptors (Lipinski definition) is 12. The zero-order valence-corrected chi connectivity index (χ0v) is 22.7. The van der Waals surface area contributed by atoms with E-state index >= 15 is 0 Å². The van der Waals surface area contributed by atoms with Gasteiger partial charge in [-0.2, -0.15) is 0 Å². The van der Waals surface area contributed by atoms with Crippen LogP contribution in [-0.4, -0.2) is 135 Å². The van der Waals surface area contributed by atoms with Crippen LogP contribution < -0.4 is 0 Å². The lowest BCUT2D eigenvalue weighted by molar-refractivity contribution is -0.151. The second kappa shape index (κ2) is 29.8. The monoisotopic (exact) mass is 554 g/mol. The Morgan fingerprint density at radius 3 is 1.11 bits per heavy atom. The molecular formula is C25H46O13. The van der Waals surface area contributed by atoms with Crippen LogP contribution in [0.4, 0.5) is 0 Å². The molecule has 0 saturated carbocycles. The molecule has 0 aromatic heterocycles.